The third kappa shape index (κ3) is 2.16. The summed E-state index contributed by atoms with van der Waals surface area (Å²) in [6, 6.07) is 0. The van der Waals surface area contributed by atoms with Crippen molar-refractivity contribution in [3.8, 4) is 0 Å². The van der Waals surface area contributed by atoms with Crippen molar-refractivity contribution >= 4 is 39.5 Å². The zero-order valence-electron chi connectivity index (χ0n) is 7.54. The molecule has 0 spiro atoms. The van der Waals surface area contributed by atoms with Gasteiger partial charge in [0, 0.05) is 7.05 Å². The van der Waals surface area contributed by atoms with E-state index in [4.69, 9.17) is 5.11 Å². The Morgan fingerprint density at radius 1 is 1.57 bits per heavy atom. The number of thioether (sulfide) groups is 1. The number of rotatable bonds is 3. The predicted molar refractivity (Wildman–Crippen MR) is 58.0 cm³/mol. The number of nitrogens with one attached hydrogen (secondary N) is 1. The maximum Gasteiger partial charge on any atom is 0.355 e. The Bertz CT molecular complexity index is 372. The van der Waals surface area contributed by atoms with Gasteiger partial charge in [0.05, 0.1) is 4.47 Å². The lowest BCUT2D eigenvalue weighted by atomic mass is 10.4. The number of nitrogens with zero attached hydrogens (tertiary/aromatic N) is 2. The van der Waals surface area contributed by atoms with Gasteiger partial charge in [-0.1, -0.05) is 11.8 Å². The quantitative estimate of drug-likeness (QED) is 0.647. The summed E-state index contributed by atoms with van der Waals surface area (Å²) in [4.78, 5) is 18.7. The van der Waals surface area contributed by atoms with Gasteiger partial charge in [0.1, 0.15) is 5.82 Å². The van der Waals surface area contributed by atoms with Crippen LogP contribution < -0.4 is 5.32 Å². The first-order valence-electron chi connectivity index (χ1n) is 3.62. The highest BCUT2D eigenvalue weighted by Gasteiger charge is 2.16. The van der Waals surface area contributed by atoms with Crippen molar-refractivity contribution in [1.82, 2.24) is 9.97 Å². The van der Waals surface area contributed by atoms with Crippen molar-refractivity contribution < 1.29 is 9.90 Å². The van der Waals surface area contributed by atoms with Gasteiger partial charge >= 0.3 is 5.97 Å². The Kier molecular flexibility index (Phi) is 3.70. The molecule has 14 heavy (non-hydrogen) atoms. The number of aromatic carboxylic acids is 1. The van der Waals surface area contributed by atoms with Crippen molar-refractivity contribution in [3.05, 3.63) is 10.2 Å². The average Bonchev–Trinajstić information content (AvgIpc) is 2.17. The van der Waals surface area contributed by atoms with E-state index in [0.717, 1.165) is 0 Å². The molecule has 0 saturated heterocycles. The molecule has 0 unspecified atom stereocenters. The zero-order valence-corrected chi connectivity index (χ0v) is 9.94. The number of carboxylic acids is 1. The van der Waals surface area contributed by atoms with Gasteiger partial charge in [0.25, 0.3) is 0 Å². The lowest BCUT2D eigenvalue weighted by Crippen LogP contribution is -2.07. The summed E-state index contributed by atoms with van der Waals surface area (Å²) in [7, 11) is 1.67. The molecular formula is C7H8BrN3O2S. The Morgan fingerprint density at radius 2 is 2.21 bits per heavy atom. The summed E-state index contributed by atoms with van der Waals surface area (Å²) in [5.41, 5.74) is -0.0336. The topological polar surface area (TPSA) is 75.1 Å². The number of aromatic nitrogens is 2. The zero-order chi connectivity index (χ0) is 10.7. The summed E-state index contributed by atoms with van der Waals surface area (Å²) in [5.74, 6) is -0.604. The van der Waals surface area contributed by atoms with E-state index in [1.807, 2.05) is 0 Å². The van der Waals surface area contributed by atoms with Gasteiger partial charge < -0.3 is 10.4 Å². The fourth-order valence-electron chi connectivity index (χ4n) is 0.825. The summed E-state index contributed by atoms with van der Waals surface area (Å²) < 4.78 is 0.366. The van der Waals surface area contributed by atoms with E-state index in [9.17, 15) is 4.79 Å². The molecule has 1 rings (SSSR count). The Morgan fingerprint density at radius 3 is 2.64 bits per heavy atom. The molecule has 5 nitrogen and oxygen atoms in total. The van der Waals surface area contributed by atoms with Crippen molar-refractivity contribution in [2.24, 2.45) is 0 Å². The van der Waals surface area contributed by atoms with E-state index < -0.39 is 5.97 Å². The summed E-state index contributed by atoms with van der Waals surface area (Å²) >= 11 is 4.42. The summed E-state index contributed by atoms with van der Waals surface area (Å²) in [6.07, 6.45) is 1.79. The molecule has 0 saturated carbocycles. The van der Waals surface area contributed by atoms with Crippen molar-refractivity contribution in [1.29, 1.82) is 0 Å². The first-order valence-corrected chi connectivity index (χ1v) is 5.64. The van der Waals surface area contributed by atoms with E-state index in [2.05, 4.69) is 31.2 Å². The van der Waals surface area contributed by atoms with Crippen LogP contribution in [0.2, 0.25) is 0 Å². The first-order chi connectivity index (χ1) is 6.60. The highest BCUT2D eigenvalue weighted by molar-refractivity contribution is 9.10. The molecule has 0 fully saturated rings. The number of anilines is 1. The molecule has 1 aromatic rings. The van der Waals surface area contributed by atoms with Crippen LogP contribution in [0.25, 0.3) is 0 Å². The van der Waals surface area contributed by atoms with Crippen LogP contribution in [0.5, 0.6) is 0 Å². The molecule has 0 aliphatic carbocycles. The second-order valence-corrected chi connectivity index (χ2v) is 3.84. The van der Waals surface area contributed by atoms with Gasteiger partial charge in [-0.25, -0.2) is 14.8 Å². The van der Waals surface area contributed by atoms with Crippen molar-refractivity contribution in [3.63, 3.8) is 0 Å². The maximum atomic E-state index is 10.8. The second kappa shape index (κ2) is 4.61. The van der Waals surface area contributed by atoms with Crippen LogP contribution in [-0.4, -0.2) is 34.3 Å². The van der Waals surface area contributed by atoms with Gasteiger partial charge in [0.2, 0.25) is 0 Å². The lowest BCUT2D eigenvalue weighted by Gasteiger charge is -2.06. The summed E-state index contributed by atoms with van der Waals surface area (Å²) in [5, 5.41) is 12.1. The second-order valence-electron chi connectivity index (χ2n) is 2.28. The van der Waals surface area contributed by atoms with Crippen LogP contribution >= 0.6 is 27.7 Å². The van der Waals surface area contributed by atoms with Crippen LogP contribution in [0.3, 0.4) is 0 Å². The van der Waals surface area contributed by atoms with Gasteiger partial charge in [-0.15, -0.1) is 0 Å². The molecule has 0 aliphatic heterocycles. The van der Waals surface area contributed by atoms with Crippen molar-refractivity contribution in [2.45, 2.75) is 5.16 Å². The van der Waals surface area contributed by atoms with Gasteiger partial charge in [0.15, 0.2) is 10.9 Å². The minimum absolute atomic E-state index is 0.0336. The Hall–Kier alpha value is -0.820. The molecule has 2 N–H and O–H groups in total. The number of halogens is 1. The van der Waals surface area contributed by atoms with Crippen molar-refractivity contribution in [2.75, 3.05) is 18.6 Å². The number of hydrogen-bond acceptors (Lipinski definition) is 5. The Labute approximate surface area is 93.5 Å². The van der Waals surface area contributed by atoms with Crippen LogP contribution in [-0.2, 0) is 0 Å². The third-order valence-electron chi connectivity index (χ3n) is 1.45. The minimum Gasteiger partial charge on any atom is -0.476 e. The predicted octanol–water partition coefficient (Wildman–Crippen LogP) is 1.70. The maximum absolute atomic E-state index is 10.8. The lowest BCUT2D eigenvalue weighted by molar-refractivity contribution is 0.0688. The molecule has 0 aliphatic rings. The fraction of sp³-hybridized carbons (Fsp3) is 0.286. The molecule has 0 radical (unpaired) electrons. The Balaban J connectivity index is 3.34. The van der Waals surface area contributed by atoms with Gasteiger partial charge in [-0.05, 0) is 22.2 Å². The molecular weight excluding hydrogens is 270 g/mol. The first kappa shape index (κ1) is 11.3. The van der Waals surface area contributed by atoms with E-state index in [1.165, 1.54) is 11.8 Å². The molecule has 0 aromatic carbocycles. The standard InChI is InChI=1S/C7H8BrN3O2S/c1-9-5-3(8)4(6(12)13)10-7(11-5)14-2/h1-2H3,(H,12,13)(H,9,10,11). The van der Waals surface area contributed by atoms with Crippen LogP contribution in [0.1, 0.15) is 10.5 Å². The van der Waals surface area contributed by atoms with Gasteiger partial charge in [-0.3, -0.25) is 0 Å². The molecule has 0 bridgehead atoms. The highest BCUT2D eigenvalue weighted by Crippen LogP contribution is 2.25. The number of carboxylic acid groups (broad SMARTS) is 1. The summed E-state index contributed by atoms with van der Waals surface area (Å²) in [6.45, 7) is 0. The van der Waals surface area contributed by atoms with Crippen LogP contribution in [0.4, 0.5) is 5.82 Å². The number of hydrogen-bond donors (Lipinski definition) is 2. The molecule has 0 amide bonds. The minimum atomic E-state index is -1.08. The SMILES string of the molecule is CNc1nc(SC)nc(C(=O)O)c1Br. The fourth-order valence-corrected chi connectivity index (χ4v) is 1.74. The average molecular weight is 278 g/mol. The van der Waals surface area contributed by atoms with E-state index in [0.29, 0.717) is 15.4 Å². The highest BCUT2D eigenvalue weighted by atomic mass is 79.9. The van der Waals surface area contributed by atoms with Crippen LogP contribution in [0, 0.1) is 0 Å². The molecule has 76 valence electrons. The smallest absolute Gasteiger partial charge is 0.355 e. The number of carbonyl (C=O) groups is 1. The van der Waals surface area contributed by atoms with E-state index in [1.54, 1.807) is 13.3 Å². The molecule has 7 heteroatoms. The van der Waals surface area contributed by atoms with Crippen LogP contribution in [0.15, 0.2) is 9.63 Å². The molecule has 0 atom stereocenters. The molecule has 1 aromatic heterocycles. The molecule has 1 heterocycles. The largest absolute Gasteiger partial charge is 0.476 e. The normalized spacial score (nSPS) is 9.93. The van der Waals surface area contributed by atoms with E-state index >= 15 is 0 Å². The monoisotopic (exact) mass is 277 g/mol. The van der Waals surface area contributed by atoms with E-state index in [-0.39, 0.29) is 5.69 Å². The third-order valence-corrected chi connectivity index (χ3v) is 2.75. The van der Waals surface area contributed by atoms with Gasteiger partial charge in [-0.2, -0.15) is 0 Å².